The smallest absolute Gasteiger partial charge is 0.187 e. The lowest BCUT2D eigenvalue weighted by molar-refractivity contribution is 0.0989. The molecule has 4 rings (SSSR count). The first-order valence-electron chi connectivity index (χ1n) is 10.4. The summed E-state index contributed by atoms with van der Waals surface area (Å²) in [5.41, 5.74) is 16.2. The van der Waals surface area contributed by atoms with Crippen molar-refractivity contribution in [1.82, 2.24) is 9.97 Å². The number of hydrogen-bond donors (Lipinski definition) is 2. The highest BCUT2D eigenvalue weighted by molar-refractivity contribution is 6.01. The maximum Gasteiger partial charge on any atom is 0.187 e. The molecule has 31 heavy (non-hydrogen) atoms. The fraction of sp³-hybridized carbons (Fsp3) is 0.292. The van der Waals surface area contributed by atoms with Gasteiger partial charge in [0.05, 0.1) is 18.5 Å². The van der Waals surface area contributed by atoms with Crippen molar-refractivity contribution in [3.63, 3.8) is 0 Å². The van der Waals surface area contributed by atoms with E-state index < -0.39 is 0 Å². The molecule has 0 aliphatic carbocycles. The Morgan fingerprint density at radius 3 is 2.87 bits per heavy atom. The molecule has 3 aromatic rings. The van der Waals surface area contributed by atoms with Crippen molar-refractivity contribution in [3.8, 4) is 17.0 Å². The van der Waals surface area contributed by atoms with Gasteiger partial charge < -0.3 is 21.1 Å². The lowest BCUT2D eigenvalue weighted by Crippen LogP contribution is -2.43. The van der Waals surface area contributed by atoms with Gasteiger partial charge in [0.2, 0.25) is 0 Å². The van der Waals surface area contributed by atoms with E-state index in [4.69, 9.17) is 16.2 Å². The van der Waals surface area contributed by atoms with Crippen LogP contribution in [0.2, 0.25) is 0 Å². The van der Waals surface area contributed by atoms with E-state index in [1.54, 1.807) is 31.6 Å². The van der Waals surface area contributed by atoms with Crippen LogP contribution in [0, 0.1) is 0 Å². The largest absolute Gasteiger partial charge is 0.496 e. The topological polar surface area (TPSA) is 107 Å². The van der Waals surface area contributed by atoms with Crippen LogP contribution in [-0.2, 0) is 6.42 Å². The van der Waals surface area contributed by atoms with Gasteiger partial charge in [0, 0.05) is 54.8 Å². The highest BCUT2D eigenvalue weighted by Gasteiger charge is 2.22. The Balaban J connectivity index is 1.63. The van der Waals surface area contributed by atoms with E-state index in [0.717, 1.165) is 42.7 Å². The summed E-state index contributed by atoms with van der Waals surface area (Å²) < 4.78 is 5.44. The summed E-state index contributed by atoms with van der Waals surface area (Å²) in [5, 5.41) is 0. The molecule has 7 heteroatoms. The van der Waals surface area contributed by atoms with Crippen LogP contribution in [0.1, 0.15) is 28.9 Å². The monoisotopic (exact) mass is 417 g/mol. The van der Waals surface area contributed by atoms with E-state index in [-0.39, 0.29) is 23.9 Å². The minimum absolute atomic E-state index is 0.139. The predicted molar refractivity (Wildman–Crippen MR) is 122 cm³/mol. The molecule has 3 heterocycles. The minimum atomic E-state index is -0.148. The molecule has 2 aromatic heterocycles. The van der Waals surface area contributed by atoms with Crippen LogP contribution in [0.25, 0.3) is 11.3 Å². The molecule has 1 atom stereocenters. The van der Waals surface area contributed by atoms with Gasteiger partial charge in [-0.1, -0.05) is 12.1 Å². The van der Waals surface area contributed by atoms with E-state index in [1.165, 1.54) is 0 Å². The number of hydrogen-bond acceptors (Lipinski definition) is 7. The average molecular weight is 418 g/mol. The molecule has 0 unspecified atom stereocenters. The molecule has 0 saturated carbocycles. The first-order valence-corrected chi connectivity index (χ1v) is 10.4. The maximum absolute atomic E-state index is 13.2. The number of ketones is 1. The third-order valence-corrected chi connectivity index (χ3v) is 5.60. The lowest BCUT2D eigenvalue weighted by atomic mass is 10.0. The molecule has 0 bridgehead atoms. The molecule has 1 saturated heterocycles. The summed E-state index contributed by atoms with van der Waals surface area (Å²) in [6.45, 7) is 1.69. The average Bonchev–Trinajstić information content (AvgIpc) is 2.79. The first-order chi connectivity index (χ1) is 15.1. The number of Topliss-reactive ketones (excluding diaryl/α,β-unsaturated/α-hetero) is 1. The first kappa shape index (κ1) is 20.8. The van der Waals surface area contributed by atoms with Crippen molar-refractivity contribution < 1.29 is 9.53 Å². The van der Waals surface area contributed by atoms with Gasteiger partial charge in [0.15, 0.2) is 5.78 Å². The Morgan fingerprint density at radius 1 is 1.23 bits per heavy atom. The van der Waals surface area contributed by atoms with Gasteiger partial charge in [-0.05, 0) is 43.2 Å². The van der Waals surface area contributed by atoms with Crippen LogP contribution in [0.5, 0.6) is 5.75 Å². The van der Waals surface area contributed by atoms with Crippen LogP contribution in [-0.4, -0.2) is 42.0 Å². The van der Waals surface area contributed by atoms with E-state index in [2.05, 4.69) is 14.9 Å². The fourth-order valence-corrected chi connectivity index (χ4v) is 4.05. The van der Waals surface area contributed by atoms with Gasteiger partial charge >= 0.3 is 0 Å². The number of rotatable bonds is 6. The second kappa shape index (κ2) is 9.14. The van der Waals surface area contributed by atoms with Crippen LogP contribution < -0.4 is 21.1 Å². The summed E-state index contributed by atoms with van der Waals surface area (Å²) in [6, 6.07) is 13.2. The number of carbonyl (C=O) groups excluding carboxylic acids is 1. The van der Waals surface area contributed by atoms with Gasteiger partial charge in [-0.3, -0.25) is 9.78 Å². The number of anilines is 2. The summed E-state index contributed by atoms with van der Waals surface area (Å²) in [7, 11) is 1.61. The highest BCUT2D eigenvalue weighted by Crippen LogP contribution is 2.30. The van der Waals surface area contributed by atoms with Crippen molar-refractivity contribution in [1.29, 1.82) is 0 Å². The predicted octanol–water partition coefficient (Wildman–Crippen LogP) is 3.09. The number of aromatic nitrogens is 2. The standard InChI is InChI=1S/C24H27N5O2/c1-31-23-7-3-2-6-18(23)20-9-8-19(26)24(28-20)22(30)13-16-14-27-11-10-21(16)29-12-4-5-17(25)15-29/h2-3,6-11,14,17H,4-5,12-13,15,25-26H2,1H3/t17-/m0/s1. The number of benzene rings is 1. The van der Waals surface area contributed by atoms with Gasteiger partial charge in [0.25, 0.3) is 0 Å². The van der Waals surface area contributed by atoms with E-state index in [9.17, 15) is 4.79 Å². The maximum atomic E-state index is 13.2. The fourth-order valence-electron chi connectivity index (χ4n) is 4.05. The zero-order chi connectivity index (χ0) is 21.8. The Hall–Kier alpha value is -3.45. The van der Waals surface area contributed by atoms with Crippen LogP contribution in [0.3, 0.4) is 0 Å². The summed E-state index contributed by atoms with van der Waals surface area (Å²) in [4.78, 5) is 24.3. The molecule has 1 aliphatic heterocycles. The van der Waals surface area contributed by atoms with Gasteiger partial charge in [-0.2, -0.15) is 0 Å². The molecular formula is C24H27N5O2. The normalized spacial score (nSPS) is 16.2. The number of pyridine rings is 2. The molecule has 160 valence electrons. The SMILES string of the molecule is COc1ccccc1-c1ccc(N)c(C(=O)Cc2cnccc2N2CCC[C@H](N)C2)n1. The number of nitrogen functional groups attached to an aromatic ring is 1. The Morgan fingerprint density at radius 2 is 2.06 bits per heavy atom. The minimum Gasteiger partial charge on any atom is -0.496 e. The highest BCUT2D eigenvalue weighted by atomic mass is 16.5. The number of piperidine rings is 1. The Labute approximate surface area is 182 Å². The van der Waals surface area contributed by atoms with Crippen molar-refractivity contribution >= 4 is 17.2 Å². The molecule has 0 radical (unpaired) electrons. The molecule has 0 spiro atoms. The third kappa shape index (κ3) is 4.51. The van der Waals surface area contributed by atoms with Crippen LogP contribution in [0.15, 0.2) is 54.9 Å². The lowest BCUT2D eigenvalue weighted by Gasteiger charge is -2.33. The number of ether oxygens (including phenoxy) is 1. The number of nitrogens with two attached hydrogens (primary N) is 2. The van der Waals surface area contributed by atoms with Gasteiger partial charge in [0.1, 0.15) is 11.4 Å². The second-order valence-electron chi connectivity index (χ2n) is 7.79. The molecule has 1 aliphatic rings. The molecule has 0 amide bonds. The summed E-state index contributed by atoms with van der Waals surface area (Å²) >= 11 is 0. The Bertz CT molecular complexity index is 1090. The second-order valence-corrected chi connectivity index (χ2v) is 7.79. The molecule has 1 aromatic carbocycles. The Kier molecular flexibility index (Phi) is 6.13. The molecule has 7 nitrogen and oxygen atoms in total. The molecule has 1 fully saturated rings. The van der Waals surface area contributed by atoms with Crippen LogP contribution in [0.4, 0.5) is 11.4 Å². The zero-order valence-corrected chi connectivity index (χ0v) is 17.6. The van der Waals surface area contributed by atoms with Crippen molar-refractivity contribution in [2.45, 2.75) is 25.3 Å². The van der Waals surface area contributed by atoms with Crippen LogP contribution >= 0.6 is 0 Å². The third-order valence-electron chi connectivity index (χ3n) is 5.60. The van der Waals surface area contributed by atoms with E-state index in [1.807, 2.05) is 30.3 Å². The van der Waals surface area contributed by atoms with E-state index >= 15 is 0 Å². The number of nitrogens with zero attached hydrogens (tertiary/aromatic N) is 3. The van der Waals surface area contributed by atoms with Crippen molar-refractivity contribution in [2.24, 2.45) is 5.73 Å². The number of para-hydroxylation sites is 1. The molecular weight excluding hydrogens is 390 g/mol. The molecule has 4 N–H and O–H groups in total. The van der Waals surface area contributed by atoms with Crippen molar-refractivity contribution in [2.75, 3.05) is 30.8 Å². The van der Waals surface area contributed by atoms with Gasteiger partial charge in [-0.25, -0.2) is 4.98 Å². The quantitative estimate of drug-likeness (QED) is 0.594. The van der Waals surface area contributed by atoms with Crippen molar-refractivity contribution in [3.05, 3.63) is 66.1 Å². The summed E-state index contributed by atoms with van der Waals surface area (Å²) in [5.74, 6) is 0.541. The number of methoxy groups -OCH3 is 1. The zero-order valence-electron chi connectivity index (χ0n) is 17.6. The summed E-state index contributed by atoms with van der Waals surface area (Å²) in [6.07, 6.45) is 5.71. The van der Waals surface area contributed by atoms with E-state index in [0.29, 0.717) is 17.1 Å². The number of carbonyl (C=O) groups is 1. The van der Waals surface area contributed by atoms with Gasteiger partial charge in [-0.15, -0.1) is 0 Å².